The minimum atomic E-state index is -0.0135. The van der Waals surface area contributed by atoms with E-state index >= 15 is 0 Å². The number of fused-ring (bicyclic) bond motifs is 5. The molecular formula is C18H31NO. The zero-order valence-electron chi connectivity index (χ0n) is 13.6. The van der Waals surface area contributed by atoms with Gasteiger partial charge in [0.05, 0.1) is 11.2 Å². The summed E-state index contributed by atoms with van der Waals surface area (Å²) in [5, 5.41) is 4.04. The van der Waals surface area contributed by atoms with Crippen molar-refractivity contribution in [1.29, 1.82) is 0 Å². The Morgan fingerprint density at radius 2 is 1.70 bits per heavy atom. The van der Waals surface area contributed by atoms with Crippen molar-refractivity contribution in [2.24, 2.45) is 23.7 Å². The molecule has 0 radical (unpaired) electrons. The lowest BCUT2D eigenvalue weighted by molar-refractivity contribution is -0.0710. The number of hydrogen-bond acceptors (Lipinski definition) is 2. The Morgan fingerprint density at radius 3 is 2.40 bits per heavy atom. The fourth-order valence-electron chi connectivity index (χ4n) is 6.34. The summed E-state index contributed by atoms with van der Waals surface area (Å²) < 4.78 is 6.26. The summed E-state index contributed by atoms with van der Waals surface area (Å²) in [6, 6.07) is 1.31. The first-order valence-corrected chi connectivity index (χ1v) is 8.82. The molecule has 0 spiro atoms. The van der Waals surface area contributed by atoms with Gasteiger partial charge in [0.25, 0.3) is 0 Å². The molecule has 0 amide bonds. The predicted octanol–water partition coefficient (Wildman–Crippen LogP) is 3.75. The molecular weight excluding hydrogens is 246 g/mol. The van der Waals surface area contributed by atoms with Gasteiger partial charge < -0.3 is 10.1 Å². The van der Waals surface area contributed by atoms with E-state index in [0.717, 1.165) is 36.1 Å². The molecule has 2 heteroatoms. The Bertz CT molecular complexity index is 402. The number of hydrogen-bond donors (Lipinski definition) is 1. The topological polar surface area (TPSA) is 21.3 Å². The zero-order valence-corrected chi connectivity index (χ0v) is 13.6. The summed E-state index contributed by atoms with van der Waals surface area (Å²) in [6.45, 7) is 9.02. The smallest absolute Gasteiger partial charge is 0.0787 e. The lowest BCUT2D eigenvalue weighted by Gasteiger charge is -2.36. The van der Waals surface area contributed by atoms with E-state index in [1.807, 2.05) is 0 Å². The molecule has 4 fully saturated rings. The van der Waals surface area contributed by atoms with Gasteiger partial charge in [-0.05, 0) is 83.5 Å². The molecule has 1 aliphatic heterocycles. The van der Waals surface area contributed by atoms with Gasteiger partial charge in [-0.25, -0.2) is 0 Å². The second-order valence-electron chi connectivity index (χ2n) is 9.15. The highest BCUT2D eigenvalue weighted by Crippen LogP contribution is 2.59. The Hall–Kier alpha value is -0.0800. The predicted molar refractivity (Wildman–Crippen MR) is 81.6 cm³/mol. The van der Waals surface area contributed by atoms with Crippen LogP contribution in [0.2, 0.25) is 0 Å². The number of rotatable bonds is 2. The van der Waals surface area contributed by atoms with Crippen molar-refractivity contribution < 1.29 is 4.74 Å². The van der Waals surface area contributed by atoms with Crippen LogP contribution in [0.3, 0.4) is 0 Å². The molecule has 1 N–H and O–H groups in total. The van der Waals surface area contributed by atoms with Crippen molar-refractivity contribution in [2.75, 3.05) is 0 Å². The van der Waals surface area contributed by atoms with Gasteiger partial charge in [0.2, 0.25) is 0 Å². The summed E-state index contributed by atoms with van der Waals surface area (Å²) in [5.41, 5.74) is 0.0229. The molecule has 2 nitrogen and oxygen atoms in total. The molecule has 3 aliphatic carbocycles. The highest BCUT2D eigenvalue weighted by molar-refractivity contribution is 5.08. The third-order valence-electron chi connectivity index (χ3n) is 6.92. The van der Waals surface area contributed by atoms with Crippen LogP contribution in [0.5, 0.6) is 0 Å². The van der Waals surface area contributed by atoms with Crippen LogP contribution in [0.15, 0.2) is 0 Å². The molecule has 6 unspecified atom stereocenters. The number of ether oxygens (including phenoxy) is 1. The third kappa shape index (κ3) is 1.98. The van der Waals surface area contributed by atoms with E-state index < -0.39 is 0 Å². The maximum absolute atomic E-state index is 6.26. The maximum atomic E-state index is 6.26. The number of nitrogens with one attached hydrogen (secondary N) is 1. The van der Waals surface area contributed by atoms with Crippen LogP contribution in [-0.4, -0.2) is 23.3 Å². The molecule has 2 bridgehead atoms. The van der Waals surface area contributed by atoms with Crippen molar-refractivity contribution in [3.8, 4) is 0 Å². The highest BCUT2D eigenvalue weighted by Gasteiger charge is 2.55. The standard InChI is InChI=1S/C18H31NO/c1-17(2)10-16(18(3,4)20-17)19-15-9-11-8-14(15)13-7-5-6-12(11)13/h11-16,19H,5-10H2,1-4H3. The normalized spacial score (nSPS) is 51.6. The fraction of sp³-hybridized carbons (Fsp3) is 1.00. The highest BCUT2D eigenvalue weighted by atomic mass is 16.5. The van der Waals surface area contributed by atoms with Crippen LogP contribution in [0.4, 0.5) is 0 Å². The van der Waals surface area contributed by atoms with Gasteiger partial charge in [0.15, 0.2) is 0 Å². The first-order chi connectivity index (χ1) is 9.36. The van der Waals surface area contributed by atoms with Crippen molar-refractivity contribution in [2.45, 2.75) is 89.5 Å². The van der Waals surface area contributed by atoms with Crippen LogP contribution in [0.25, 0.3) is 0 Å². The first-order valence-electron chi connectivity index (χ1n) is 8.82. The average molecular weight is 277 g/mol. The van der Waals surface area contributed by atoms with Crippen molar-refractivity contribution in [3.05, 3.63) is 0 Å². The van der Waals surface area contributed by atoms with Gasteiger partial charge in [-0.1, -0.05) is 6.42 Å². The van der Waals surface area contributed by atoms with Gasteiger partial charge in [-0.2, -0.15) is 0 Å². The molecule has 20 heavy (non-hydrogen) atoms. The lowest BCUT2D eigenvalue weighted by atomic mass is 9.78. The minimum absolute atomic E-state index is 0.0135. The molecule has 0 aromatic rings. The molecule has 4 aliphatic rings. The van der Waals surface area contributed by atoms with Gasteiger partial charge in [0.1, 0.15) is 0 Å². The van der Waals surface area contributed by atoms with Crippen LogP contribution in [-0.2, 0) is 4.74 Å². The Kier molecular flexibility index (Phi) is 2.87. The van der Waals surface area contributed by atoms with Crippen LogP contribution in [0, 0.1) is 23.7 Å². The monoisotopic (exact) mass is 277 g/mol. The van der Waals surface area contributed by atoms with E-state index in [-0.39, 0.29) is 11.2 Å². The van der Waals surface area contributed by atoms with Crippen molar-refractivity contribution >= 4 is 0 Å². The van der Waals surface area contributed by atoms with Gasteiger partial charge in [-0.3, -0.25) is 0 Å². The molecule has 0 aromatic heterocycles. The van der Waals surface area contributed by atoms with Crippen LogP contribution >= 0.6 is 0 Å². The van der Waals surface area contributed by atoms with E-state index in [1.54, 1.807) is 0 Å². The summed E-state index contributed by atoms with van der Waals surface area (Å²) in [6.07, 6.45) is 8.66. The zero-order chi connectivity index (χ0) is 14.1. The fourth-order valence-corrected chi connectivity index (χ4v) is 6.34. The molecule has 4 rings (SSSR count). The SMILES string of the molecule is CC1(C)CC(NC2CC3CC2C2CCCC32)C(C)(C)O1. The van der Waals surface area contributed by atoms with Gasteiger partial charge >= 0.3 is 0 Å². The summed E-state index contributed by atoms with van der Waals surface area (Å²) in [5.74, 6) is 4.18. The van der Waals surface area contributed by atoms with E-state index in [2.05, 4.69) is 33.0 Å². The van der Waals surface area contributed by atoms with Gasteiger partial charge in [-0.15, -0.1) is 0 Å². The lowest BCUT2D eigenvalue weighted by Crippen LogP contribution is -2.51. The minimum Gasteiger partial charge on any atom is -0.368 e. The molecule has 1 saturated heterocycles. The average Bonchev–Trinajstić information content (AvgIpc) is 2.99. The summed E-state index contributed by atoms with van der Waals surface area (Å²) in [7, 11) is 0. The van der Waals surface area contributed by atoms with E-state index in [1.165, 1.54) is 32.1 Å². The third-order valence-corrected chi connectivity index (χ3v) is 6.92. The van der Waals surface area contributed by atoms with Crippen molar-refractivity contribution in [3.63, 3.8) is 0 Å². The summed E-state index contributed by atoms with van der Waals surface area (Å²) >= 11 is 0. The van der Waals surface area contributed by atoms with Crippen LogP contribution in [0.1, 0.15) is 66.2 Å². The summed E-state index contributed by atoms with van der Waals surface area (Å²) in [4.78, 5) is 0. The van der Waals surface area contributed by atoms with Gasteiger partial charge in [0, 0.05) is 12.1 Å². The maximum Gasteiger partial charge on any atom is 0.0787 e. The first kappa shape index (κ1) is 13.6. The molecule has 3 saturated carbocycles. The molecule has 0 aromatic carbocycles. The van der Waals surface area contributed by atoms with E-state index in [4.69, 9.17) is 4.74 Å². The Balaban J connectivity index is 1.46. The quantitative estimate of drug-likeness (QED) is 0.830. The molecule has 6 atom stereocenters. The second-order valence-corrected chi connectivity index (χ2v) is 9.15. The Morgan fingerprint density at radius 1 is 0.950 bits per heavy atom. The van der Waals surface area contributed by atoms with Crippen LogP contribution < -0.4 is 5.32 Å². The molecule has 1 heterocycles. The van der Waals surface area contributed by atoms with E-state index in [0.29, 0.717) is 6.04 Å². The van der Waals surface area contributed by atoms with E-state index in [9.17, 15) is 0 Å². The second kappa shape index (κ2) is 4.23. The van der Waals surface area contributed by atoms with Crippen molar-refractivity contribution in [1.82, 2.24) is 5.32 Å². The largest absolute Gasteiger partial charge is 0.368 e. The molecule has 114 valence electrons. The Labute approximate surface area is 124 Å².